The fourth-order valence-corrected chi connectivity index (χ4v) is 1.21. The maximum absolute atomic E-state index is 5.00. The molecule has 0 atom stereocenters. The summed E-state index contributed by atoms with van der Waals surface area (Å²) < 4.78 is 14.4. The van der Waals surface area contributed by atoms with Gasteiger partial charge in [0.1, 0.15) is 18.2 Å². The summed E-state index contributed by atoms with van der Waals surface area (Å²) in [5.74, 6) is 0.472. The van der Waals surface area contributed by atoms with Gasteiger partial charge in [-0.1, -0.05) is 10.3 Å². The minimum atomic E-state index is 0.472. The molecule has 0 aliphatic rings. The van der Waals surface area contributed by atoms with Crippen LogP contribution in [0.15, 0.2) is 38.5 Å². The van der Waals surface area contributed by atoms with Crippen molar-refractivity contribution in [2.45, 2.75) is 0 Å². The number of nitrogens with zero attached hydrogens (tertiary/aromatic N) is 4. The summed E-state index contributed by atoms with van der Waals surface area (Å²) in [7, 11) is 0. The lowest BCUT2D eigenvalue weighted by atomic mass is 10.1. The summed E-state index contributed by atoms with van der Waals surface area (Å²) in [5.41, 5.74) is 1.89. The number of hydrogen-bond donors (Lipinski definition) is 0. The van der Waals surface area contributed by atoms with Crippen molar-refractivity contribution in [2.24, 2.45) is 0 Å². The van der Waals surface area contributed by atoms with Crippen molar-refractivity contribution < 1.29 is 13.6 Å². The Bertz CT molecular complexity index is 491. The normalized spacial score (nSPS) is 10.7. The molecule has 15 heavy (non-hydrogen) atoms. The van der Waals surface area contributed by atoms with Crippen molar-refractivity contribution >= 4 is 0 Å². The van der Waals surface area contributed by atoms with E-state index in [-0.39, 0.29) is 0 Å². The maximum atomic E-state index is 5.00. The predicted molar refractivity (Wildman–Crippen MR) is 45.3 cm³/mol. The van der Waals surface area contributed by atoms with Crippen LogP contribution in [0.25, 0.3) is 22.6 Å². The Morgan fingerprint density at radius 2 is 1.67 bits per heavy atom. The Morgan fingerprint density at radius 3 is 2.33 bits per heavy atom. The Kier molecular flexibility index (Phi) is 1.61. The molecule has 7 heteroatoms. The highest BCUT2D eigenvalue weighted by Gasteiger charge is 2.17. The van der Waals surface area contributed by atoms with E-state index in [1.54, 1.807) is 0 Å². The minimum absolute atomic E-state index is 0.472. The molecule has 0 amide bonds. The quantitative estimate of drug-likeness (QED) is 0.622. The van der Waals surface area contributed by atoms with E-state index in [2.05, 4.69) is 20.7 Å². The van der Waals surface area contributed by atoms with E-state index in [1.807, 2.05) is 0 Å². The summed E-state index contributed by atoms with van der Waals surface area (Å²) >= 11 is 0. The number of rotatable bonds is 2. The van der Waals surface area contributed by atoms with Crippen LogP contribution in [-0.4, -0.2) is 20.7 Å². The molecule has 0 saturated heterocycles. The highest BCUT2D eigenvalue weighted by atomic mass is 16.5. The molecule has 0 fully saturated rings. The molecule has 0 bridgehead atoms. The molecule has 0 N–H and O–H groups in total. The molecule has 7 nitrogen and oxygen atoms in total. The average molecular weight is 204 g/mol. The summed E-state index contributed by atoms with van der Waals surface area (Å²) in [6.07, 6.45) is 5.94. The number of hydrogen-bond acceptors (Lipinski definition) is 7. The lowest BCUT2D eigenvalue weighted by molar-refractivity contribution is 0.401. The van der Waals surface area contributed by atoms with Gasteiger partial charge in [-0.3, -0.25) is 0 Å². The van der Waals surface area contributed by atoms with Crippen LogP contribution in [0.1, 0.15) is 0 Å². The first-order valence-corrected chi connectivity index (χ1v) is 4.07. The summed E-state index contributed by atoms with van der Waals surface area (Å²) in [4.78, 5) is 0. The molecule has 0 spiro atoms. The monoisotopic (exact) mass is 204 g/mol. The smallest absolute Gasteiger partial charge is 0.200 e. The van der Waals surface area contributed by atoms with Crippen LogP contribution in [-0.2, 0) is 0 Å². The molecule has 74 valence electrons. The van der Waals surface area contributed by atoms with E-state index in [9.17, 15) is 0 Å². The lowest BCUT2D eigenvalue weighted by Crippen LogP contribution is -1.77. The Balaban J connectivity index is 2.15. The molecule has 3 rings (SSSR count). The van der Waals surface area contributed by atoms with Crippen LogP contribution in [0, 0.1) is 0 Å². The first-order chi connectivity index (χ1) is 7.45. The van der Waals surface area contributed by atoms with Gasteiger partial charge in [-0.25, -0.2) is 0 Å². The maximum Gasteiger partial charge on any atom is 0.200 e. The van der Waals surface area contributed by atoms with Crippen molar-refractivity contribution in [1.82, 2.24) is 20.7 Å². The third-order valence-corrected chi connectivity index (χ3v) is 1.89. The molecule has 0 unspecified atom stereocenters. The van der Waals surface area contributed by atoms with Gasteiger partial charge in [0.15, 0.2) is 5.76 Å². The van der Waals surface area contributed by atoms with E-state index >= 15 is 0 Å². The van der Waals surface area contributed by atoms with Crippen LogP contribution < -0.4 is 0 Å². The second-order valence-corrected chi connectivity index (χ2v) is 2.78. The third kappa shape index (κ3) is 1.21. The van der Waals surface area contributed by atoms with Gasteiger partial charge in [0, 0.05) is 5.27 Å². The predicted octanol–water partition coefficient (Wildman–Crippen LogP) is 1.38. The van der Waals surface area contributed by atoms with Gasteiger partial charge in [-0.2, -0.15) is 0 Å². The topological polar surface area (TPSA) is 91.0 Å². The average Bonchev–Trinajstić information content (AvgIpc) is 3.01. The zero-order chi connectivity index (χ0) is 10.1. The Hall–Kier alpha value is -2.44. The van der Waals surface area contributed by atoms with E-state index in [0.717, 1.165) is 0 Å². The Labute approximate surface area is 82.6 Å². The highest BCUT2D eigenvalue weighted by Crippen LogP contribution is 2.29. The SMILES string of the molecule is c1nocc1-c1nnoc1-c1cnoc1. The molecular weight excluding hydrogens is 200 g/mol. The van der Waals surface area contributed by atoms with Gasteiger partial charge in [-0.05, 0) is 0 Å². The lowest BCUT2D eigenvalue weighted by Gasteiger charge is -1.89. The Morgan fingerprint density at radius 1 is 0.933 bits per heavy atom. The molecule has 3 heterocycles. The van der Waals surface area contributed by atoms with Crippen LogP contribution in [0.4, 0.5) is 0 Å². The van der Waals surface area contributed by atoms with Gasteiger partial charge < -0.3 is 13.6 Å². The minimum Gasteiger partial charge on any atom is -0.364 e. The summed E-state index contributed by atoms with van der Waals surface area (Å²) in [6.45, 7) is 0. The molecular formula is C8H4N4O3. The zero-order valence-corrected chi connectivity index (χ0v) is 7.32. The van der Waals surface area contributed by atoms with Crippen LogP contribution in [0.2, 0.25) is 0 Å². The van der Waals surface area contributed by atoms with Crippen molar-refractivity contribution in [3.8, 4) is 22.6 Å². The van der Waals surface area contributed by atoms with Crippen molar-refractivity contribution in [1.29, 1.82) is 0 Å². The van der Waals surface area contributed by atoms with Gasteiger partial charge in [0.2, 0.25) is 0 Å². The van der Waals surface area contributed by atoms with Crippen molar-refractivity contribution in [3.63, 3.8) is 0 Å². The van der Waals surface area contributed by atoms with Crippen LogP contribution in [0.3, 0.4) is 0 Å². The van der Waals surface area contributed by atoms with Gasteiger partial charge >= 0.3 is 0 Å². The number of aromatic nitrogens is 4. The second-order valence-electron chi connectivity index (χ2n) is 2.78. The molecule has 0 aliphatic carbocycles. The standard InChI is InChI=1S/C8H4N4O3/c1-5(3-13-9-1)7-8(15-12-11-7)6-2-10-14-4-6/h1-4H. The molecule has 3 aromatic heterocycles. The largest absolute Gasteiger partial charge is 0.364 e. The van der Waals surface area contributed by atoms with Gasteiger partial charge in [-0.15, -0.1) is 5.10 Å². The molecule has 3 aromatic rings. The van der Waals surface area contributed by atoms with Crippen molar-refractivity contribution in [2.75, 3.05) is 0 Å². The zero-order valence-electron chi connectivity index (χ0n) is 7.32. The third-order valence-electron chi connectivity index (χ3n) is 1.89. The van der Waals surface area contributed by atoms with E-state index in [1.165, 1.54) is 24.9 Å². The molecule has 0 aliphatic heterocycles. The van der Waals surface area contributed by atoms with Crippen LogP contribution in [0.5, 0.6) is 0 Å². The van der Waals surface area contributed by atoms with Gasteiger partial charge in [0.05, 0.1) is 23.5 Å². The molecule has 0 aromatic carbocycles. The van der Waals surface area contributed by atoms with Crippen molar-refractivity contribution in [3.05, 3.63) is 24.9 Å². The fourth-order valence-electron chi connectivity index (χ4n) is 1.21. The summed E-state index contributed by atoms with van der Waals surface area (Å²) in [6, 6.07) is 0. The van der Waals surface area contributed by atoms with E-state index in [0.29, 0.717) is 22.6 Å². The second kappa shape index (κ2) is 3.05. The first kappa shape index (κ1) is 7.92. The summed E-state index contributed by atoms with van der Waals surface area (Å²) in [5, 5.41) is 14.4. The van der Waals surface area contributed by atoms with Crippen LogP contribution >= 0.6 is 0 Å². The van der Waals surface area contributed by atoms with E-state index < -0.39 is 0 Å². The fraction of sp³-hybridized carbons (Fsp3) is 0. The van der Waals surface area contributed by atoms with E-state index in [4.69, 9.17) is 13.6 Å². The molecule has 0 radical (unpaired) electrons. The molecule has 0 saturated carbocycles. The van der Waals surface area contributed by atoms with Gasteiger partial charge in [0.25, 0.3) is 0 Å². The highest BCUT2D eigenvalue weighted by molar-refractivity contribution is 5.74. The first-order valence-electron chi connectivity index (χ1n) is 4.07.